The Morgan fingerprint density at radius 1 is 1.54 bits per heavy atom. The summed E-state index contributed by atoms with van der Waals surface area (Å²) in [5.41, 5.74) is 6.53. The lowest BCUT2D eigenvalue weighted by atomic mass is 10.5. The Hall–Kier alpha value is -1.62. The number of imidazole rings is 1. The molecule has 0 atom stereocenters. The molecule has 0 aliphatic heterocycles. The van der Waals surface area contributed by atoms with Crippen LogP contribution < -0.4 is 11.1 Å². The van der Waals surface area contributed by atoms with E-state index in [1.54, 1.807) is 12.4 Å². The van der Waals surface area contributed by atoms with Crippen molar-refractivity contribution in [3.05, 3.63) is 24.4 Å². The summed E-state index contributed by atoms with van der Waals surface area (Å²) >= 11 is 0. The number of anilines is 1. The standard InChI is InChI=1S/C8H11N5/c1-10-5-7-12-4-6-8(9)11-2-3-13(6)7/h2-4,10H,5H2,1H3,(H2,9,11). The van der Waals surface area contributed by atoms with Gasteiger partial charge < -0.3 is 11.1 Å². The molecule has 68 valence electrons. The van der Waals surface area contributed by atoms with Crippen LogP contribution in [0.3, 0.4) is 0 Å². The van der Waals surface area contributed by atoms with Gasteiger partial charge in [-0.3, -0.25) is 4.40 Å². The van der Waals surface area contributed by atoms with Gasteiger partial charge >= 0.3 is 0 Å². The zero-order chi connectivity index (χ0) is 9.26. The Morgan fingerprint density at radius 3 is 3.15 bits per heavy atom. The highest BCUT2D eigenvalue weighted by Gasteiger charge is 2.04. The molecule has 0 aliphatic rings. The van der Waals surface area contributed by atoms with E-state index in [-0.39, 0.29) is 0 Å². The molecule has 0 radical (unpaired) electrons. The van der Waals surface area contributed by atoms with E-state index in [2.05, 4.69) is 15.3 Å². The lowest BCUT2D eigenvalue weighted by molar-refractivity contribution is 0.754. The first kappa shape index (κ1) is 8.00. The van der Waals surface area contributed by atoms with E-state index >= 15 is 0 Å². The summed E-state index contributed by atoms with van der Waals surface area (Å²) in [6.07, 6.45) is 5.25. The van der Waals surface area contributed by atoms with Gasteiger partial charge in [-0.25, -0.2) is 9.97 Å². The van der Waals surface area contributed by atoms with Crippen molar-refractivity contribution in [3.8, 4) is 0 Å². The van der Waals surface area contributed by atoms with Crippen LogP contribution >= 0.6 is 0 Å². The average Bonchev–Trinajstić information content (AvgIpc) is 2.51. The largest absolute Gasteiger partial charge is 0.382 e. The van der Waals surface area contributed by atoms with E-state index in [0.29, 0.717) is 5.82 Å². The second-order valence-electron chi connectivity index (χ2n) is 2.77. The van der Waals surface area contributed by atoms with Gasteiger partial charge in [-0.05, 0) is 7.05 Å². The van der Waals surface area contributed by atoms with Crippen LogP contribution in [0.15, 0.2) is 18.6 Å². The molecule has 0 saturated carbocycles. The molecule has 0 bridgehead atoms. The molecule has 0 amide bonds. The van der Waals surface area contributed by atoms with Crippen LogP contribution in [0, 0.1) is 0 Å². The van der Waals surface area contributed by atoms with Gasteiger partial charge in [0.2, 0.25) is 0 Å². The lowest BCUT2D eigenvalue weighted by Gasteiger charge is -2.00. The molecule has 2 aromatic rings. The van der Waals surface area contributed by atoms with Crippen molar-refractivity contribution in [1.82, 2.24) is 19.7 Å². The maximum absolute atomic E-state index is 5.67. The molecule has 0 aliphatic carbocycles. The minimum Gasteiger partial charge on any atom is -0.382 e. The number of nitrogen functional groups attached to an aromatic ring is 1. The molecule has 5 heteroatoms. The summed E-state index contributed by atoms with van der Waals surface area (Å²) in [7, 11) is 1.88. The van der Waals surface area contributed by atoms with Crippen LogP contribution in [-0.2, 0) is 6.54 Å². The normalized spacial score (nSPS) is 10.8. The summed E-state index contributed by atoms with van der Waals surface area (Å²) in [6, 6.07) is 0. The predicted octanol–water partition coefficient (Wildman–Crippen LogP) is 0.0309. The first-order valence-corrected chi connectivity index (χ1v) is 4.04. The van der Waals surface area contributed by atoms with Crippen LogP contribution in [0.1, 0.15) is 5.82 Å². The van der Waals surface area contributed by atoms with Gasteiger partial charge in [-0.15, -0.1) is 0 Å². The predicted molar refractivity (Wildman–Crippen MR) is 50.2 cm³/mol. The van der Waals surface area contributed by atoms with Gasteiger partial charge in [0.05, 0.1) is 12.7 Å². The number of nitrogens with one attached hydrogen (secondary N) is 1. The molecule has 0 unspecified atom stereocenters. The Balaban J connectivity index is 2.61. The van der Waals surface area contributed by atoms with Crippen molar-refractivity contribution in [2.75, 3.05) is 12.8 Å². The van der Waals surface area contributed by atoms with E-state index in [9.17, 15) is 0 Å². The first-order valence-electron chi connectivity index (χ1n) is 4.04. The fraction of sp³-hybridized carbons (Fsp3) is 0.250. The van der Waals surface area contributed by atoms with Crippen LogP contribution in [0.25, 0.3) is 5.52 Å². The number of fused-ring (bicyclic) bond motifs is 1. The summed E-state index contributed by atoms with van der Waals surface area (Å²) in [5, 5.41) is 3.04. The van der Waals surface area contributed by atoms with Crippen LogP contribution in [-0.4, -0.2) is 21.4 Å². The number of nitrogens with zero attached hydrogens (tertiary/aromatic N) is 3. The average molecular weight is 177 g/mol. The number of hydrogen-bond donors (Lipinski definition) is 2. The number of nitrogens with two attached hydrogens (primary N) is 1. The fourth-order valence-corrected chi connectivity index (χ4v) is 1.29. The maximum Gasteiger partial charge on any atom is 0.149 e. The number of hydrogen-bond acceptors (Lipinski definition) is 4. The zero-order valence-corrected chi connectivity index (χ0v) is 7.36. The summed E-state index contributed by atoms with van der Waals surface area (Å²) < 4.78 is 1.93. The third-order valence-corrected chi connectivity index (χ3v) is 1.90. The van der Waals surface area contributed by atoms with E-state index in [1.165, 1.54) is 0 Å². The fourth-order valence-electron chi connectivity index (χ4n) is 1.29. The molecule has 13 heavy (non-hydrogen) atoms. The first-order chi connectivity index (χ1) is 6.33. The van der Waals surface area contributed by atoms with E-state index in [4.69, 9.17) is 5.73 Å². The summed E-state index contributed by atoms with van der Waals surface area (Å²) in [4.78, 5) is 8.20. The van der Waals surface area contributed by atoms with Crippen LogP contribution in [0.5, 0.6) is 0 Å². The molecule has 3 N–H and O–H groups in total. The second-order valence-corrected chi connectivity index (χ2v) is 2.77. The Labute approximate surface area is 75.6 Å². The van der Waals surface area contributed by atoms with Crippen molar-refractivity contribution >= 4 is 11.3 Å². The van der Waals surface area contributed by atoms with Crippen molar-refractivity contribution < 1.29 is 0 Å². The van der Waals surface area contributed by atoms with Crippen LogP contribution in [0.4, 0.5) is 5.82 Å². The maximum atomic E-state index is 5.67. The van der Waals surface area contributed by atoms with Crippen molar-refractivity contribution in [3.63, 3.8) is 0 Å². The molecule has 2 heterocycles. The topological polar surface area (TPSA) is 68.2 Å². The van der Waals surface area contributed by atoms with E-state index in [0.717, 1.165) is 17.9 Å². The van der Waals surface area contributed by atoms with Crippen LogP contribution in [0.2, 0.25) is 0 Å². The number of rotatable bonds is 2. The van der Waals surface area contributed by atoms with Gasteiger partial charge in [0.15, 0.2) is 0 Å². The minimum atomic E-state index is 0.511. The second kappa shape index (κ2) is 3.02. The SMILES string of the molecule is CNCc1ncc2c(N)nccn12. The third-order valence-electron chi connectivity index (χ3n) is 1.90. The molecular weight excluding hydrogens is 166 g/mol. The highest BCUT2D eigenvalue weighted by molar-refractivity contribution is 5.64. The van der Waals surface area contributed by atoms with E-state index in [1.807, 2.05) is 17.6 Å². The van der Waals surface area contributed by atoms with Gasteiger partial charge in [-0.2, -0.15) is 0 Å². The highest BCUT2D eigenvalue weighted by Crippen LogP contribution is 2.11. The molecule has 2 aromatic heterocycles. The molecule has 5 nitrogen and oxygen atoms in total. The molecule has 0 spiro atoms. The Kier molecular flexibility index (Phi) is 1.86. The van der Waals surface area contributed by atoms with Gasteiger partial charge in [0, 0.05) is 12.4 Å². The highest BCUT2D eigenvalue weighted by atomic mass is 15.1. The van der Waals surface area contributed by atoms with Crippen molar-refractivity contribution in [1.29, 1.82) is 0 Å². The molecular formula is C8H11N5. The molecule has 0 fully saturated rings. The quantitative estimate of drug-likeness (QED) is 0.679. The van der Waals surface area contributed by atoms with Gasteiger partial charge in [-0.1, -0.05) is 0 Å². The summed E-state index contributed by atoms with van der Waals surface area (Å²) in [6.45, 7) is 0.720. The monoisotopic (exact) mass is 177 g/mol. The van der Waals surface area contributed by atoms with Gasteiger partial charge in [0.1, 0.15) is 17.2 Å². The van der Waals surface area contributed by atoms with Crippen molar-refractivity contribution in [2.45, 2.75) is 6.54 Å². The van der Waals surface area contributed by atoms with Crippen molar-refractivity contribution in [2.24, 2.45) is 0 Å². The smallest absolute Gasteiger partial charge is 0.149 e. The molecule has 0 aromatic carbocycles. The summed E-state index contributed by atoms with van der Waals surface area (Å²) in [5.74, 6) is 1.45. The van der Waals surface area contributed by atoms with E-state index < -0.39 is 0 Å². The zero-order valence-electron chi connectivity index (χ0n) is 7.36. The Bertz CT molecular complexity index is 419. The molecule has 2 rings (SSSR count). The third kappa shape index (κ3) is 1.23. The minimum absolute atomic E-state index is 0.511. The van der Waals surface area contributed by atoms with Gasteiger partial charge in [0.25, 0.3) is 0 Å². The number of aromatic nitrogens is 3. The Morgan fingerprint density at radius 2 is 2.38 bits per heavy atom. The lowest BCUT2D eigenvalue weighted by Crippen LogP contribution is -2.09. The molecule has 0 saturated heterocycles.